The van der Waals surface area contributed by atoms with Gasteiger partial charge < -0.3 is 20.7 Å². The molecule has 1 aliphatic carbocycles. The van der Waals surface area contributed by atoms with Gasteiger partial charge in [0.15, 0.2) is 0 Å². The van der Waals surface area contributed by atoms with Crippen LogP contribution >= 0.6 is 11.3 Å². The zero-order chi connectivity index (χ0) is 28.8. The summed E-state index contributed by atoms with van der Waals surface area (Å²) in [4.78, 5) is 34.7. The smallest absolute Gasteiger partial charge is 0.254 e. The first-order valence-corrected chi connectivity index (χ1v) is 16.5. The number of nitrogens with two attached hydrogens (primary N) is 1. The highest BCUT2D eigenvalue weighted by atomic mass is 32.1. The Balaban J connectivity index is 1.33. The number of rotatable bonds is 10. The number of carbonyl (C=O) groups is 2. The van der Waals surface area contributed by atoms with Gasteiger partial charge in [0.05, 0.1) is 6.10 Å². The molecule has 3 heterocycles. The number of likely N-dealkylation sites (tertiary alicyclic amines) is 1. The number of hydrogen-bond donors (Lipinski definition) is 2. The molecule has 0 radical (unpaired) electrons. The van der Waals surface area contributed by atoms with Crippen LogP contribution in [0, 0.1) is 25.7 Å². The molecule has 0 bridgehead atoms. The van der Waals surface area contributed by atoms with E-state index in [1.54, 1.807) is 0 Å². The standard InChI is InChI=1S/C33H48N4O3S/c1-23-8-11-27(12-9-23)33(39)37-15-14-28(18-31(37)32(38)35-20-26-6-3-5-25(17-26)19-34)36(21-29-7-4-16-40-29)22-30-13-10-24(2)41-30/h8-13,25-26,28-29,31H,3-7,14-22,34H2,1-2H3,(H,35,38)/t25?,26?,28?,29?,31-/m1/s1. The zero-order valence-electron chi connectivity index (χ0n) is 24.9. The lowest BCUT2D eigenvalue weighted by Gasteiger charge is -2.43. The number of aryl methyl sites for hydroxylation is 2. The van der Waals surface area contributed by atoms with Gasteiger partial charge in [-0.05, 0) is 101 Å². The number of nitrogens with one attached hydrogen (secondary N) is 1. The lowest BCUT2D eigenvalue weighted by atomic mass is 9.81. The molecule has 2 aromatic rings. The molecular formula is C33H48N4O3S. The van der Waals surface area contributed by atoms with Gasteiger partial charge >= 0.3 is 0 Å². The van der Waals surface area contributed by atoms with Gasteiger partial charge in [-0.1, -0.05) is 24.1 Å². The zero-order valence-corrected chi connectivity index (χ0v) is 25.7. The van der Waals surface area contributed by atoms with Crippen molar-refractivity contribution in [2.24, 2.45) is 17.6 Å². The molecule has 224 valence electrons. The SMILES string of the molecule is Cc1ccc(C(=O)N2CCC(N(Cc3ccc(C)s3)CC3CCCO3)C[C@@H]2C(=O)NCC2CCCC(CN)C2)cc1. The van der Waals surface area contributed by atoms with Crippen molar-refractivity contribution in [1.29, 1.82) is 0 Å². The highest BCUT2D eigenvalue weighted by molar-refractivity contribution is 7.11. The predicted molar refractivity (Wildman–Crippen MR) is 165 cm³/mol. The summed E-state index contributed by atoms with van der Waals surface area (Å²) in [5.74, 6) is 0.939. The lowest BCUT2D eigenvalue weighted by Crippen LogP contribution is -2.58. The van der Waals surface area contributed by atoms with E-state index in [0.29, 0.717) is 36.9 Å². The Morgan fingerprint density at radius 1 is 1.02 bits per heavy atom. The molecule has 1 saturated carbocycles. The summed E-state index contributed by atoms with van der Waals surface area (Å²) in [5, 5.41) is 3.28. The Hall–Kier alpha value is -2.26. The molecule has 2 amide bonds. The number of amides is 2. The van der Waals surface area contributed by atoms with Gasteiger partial charge in [0, 0.05) is 54.1 Å². The Morgan fingerprint density at radius 3 is 2.54 bits per heavy atom. The molecule has 5 atom stereocenters. The van der Waals surface area contributed by atoms with E-state index in [4.69, 9.17) is 10.5 Å². The van der Waals surface area contributed by atoms with Gasteiger partial charge in [-0.2, -0.15) is 0 Å². The molecule has 3 N–H and O–H groups in total. The molecule has 7 nitrogen and oxygen atoms in total. The van der Waals surface area contributed by atoms with Crippen LogP contribution in [0.1, 0.15) is 77.0 Å². The molecule has 1 aromatic heterocycles. The highest BCUT2D eigenvalue weighted by Gasteiger charge is 2.39. The van der Waals surface area contributed by atoms with E-state index in [2.05, 4.69) is 29.3 Å². The lowest BCUT2D eigenvalue weighted by molar-refractivity contribution is -0.128. The van der Waals surface area contributed by atoms with Gasteiger partial charge in [0.1, 0.15) is 6.04 Å². The third-order valence-corrected chi connectivity index (χ3v) is 10.3. The predicted octanol–water partition coefficient (Wildman–Crippen LogP) is 4.90. The fourth-order valence-electron chi connectivity index (χ4n) is 6.96. The van der Waals surface area contributed by atoms with Gasteiger partial charge in [0.2, 0.25) is 5.91 Å². The van der Waals surface area contributed by atoms with Gasteiger partial charge in [-0.3, -0.25) is 14.5 Å². The molecular weight excluding hydrogens is 532 g/mol. The number of hydrogen-bond acceptors (Lipinski definition) is 6. The Bertz CT molecular complexity index is 1150. The molecule has 41 heavy (non-hydrogen) atoms. The second-order valence-electron chi connectivity index (χ2n) is 12.5. The van der Waals surface area contributed by atoms with E-state index in [1.807, 2.05) is 47.4 Å². The average molecular weight is 581 g/mol. The second-order valence-corrected chi connectivity index (χ2v) is 13.9. The maximum atomic E-state index is 13.9. The second kappa shape index (κ2) is 14.3. The summed E-state index contributed by atoms with van der Waals surface area (Å²) in [6.07, 6.45) is 8.47. The van der Waals surface area contributed by atoms with E-state index in [9.17, 15) is 9.59 Å². The fourth-order valence-corrected chi connectivity index (χ4v) is 7.88. The topological polar surface area (TPSA) is 87.9 Å². The first kappa shape index (κ1) is 30.2. The van der Waals surface area contributed by atoms with Gasteiger partial charge in [0.25, 0.3) is 5.91 Å². The first-order valence-electron chi connectivity index (χ1n) is 15.7. The van der Waals surface area contributed by atoms with E-state index >= 15 is 0 Å². The number of nitrogens with zero attached hydrogens (tertiary/aromatic N) is 2. The molecule has 3 fully saturated rings. The van der Waals surface area contributed by atoms with Crippen molar-refractivity contribution < 1.29 is 14.3 Å². The highest BCUT2D eigenvalue weighted by Crippen LogP contribution is 2.30. The Morgan fingerprint density at radius 2 is 1.83 bits per heavy atom. The Kier molecular flexibility index (Phi) is 10.5. The molecule has 1 aromatic carbocycles. The minimum atomic E-state index is -0.492. The van der Waals surface area contributed by atoms with E-state index in [-0.39, 0.29) is 24.0 Å². The molecule has 4 unspecified atom stereocenters. The summed E-state index contributed by atoms with van der Waals surface area (Å²) < 4.78 is 6.05. The Labute approximate surface area is 249 Å². The molecule has 2 saturated heterocycles. The summed E-state index contributed by atoms with van der Waals surface area (Å²) in [7, 11) is 0. The minimum absolute atomic E-state index is 0.0194. The first-order chi connectivity index (χ1) is 19.9. The molecule has 8 heteroatoms. The van der Waals surface area contributed by atoms with Crippen molar-refractivity contribution in [2.75, 3.05) is 32.8 Å². The van der Waals surface area contributed by atoms with E-state index in [0.717, 1.165) is 63.9 Å². The maximum absolute atomic E-state index is 13.9. The van der Waals surface area contributed by atoms with Crippen molar-refractivity contribution in [3.63, 3.8) is 0 Å². The maximum Gasteiger partial charge on any atom is 0.254 e. The van der Waals surface area contributed by atoms with Crippen molar-refractivity contribution in [1.82, 2.24) is 15.1 Å². The summed E-state index contributed by atoms with van der Waals surface area (Å²) >= 11 is 1.84. The number of ether oxygens (including phenoxy) is 1. The number of thiophene rings is 1. The molecule has 3 aliphatic rings. The fraction of sp³-hybridized carbons (Fsp3) is 0.636. The molecule has 2 aliphatic heterocycles. The van der Waals surface area contributed by atoms with Gasteiger partial charge in [-0.25, -0.2) is 0 Å². The molecule has 5 rings (SSSR count). The monoisotopic (exact) mass is 580 g/mol. The van der Waals surface area contributed by atoms with Crippen LogP contribution in [0.25, 0.3) is 0 Å². The summed E-state index contributed by atoms with van der Waals surface area (Å²) in [6.45, 7) is 8.67. The molecule has 0 spiro atoms. The van der Waals surface area contributed by atoms with Crippen LogP contribution in [-0.4, -0.2) is 72.6 Å². The van der Waals surface area contributed by atoms with E-state index in [1.165, 1.54) is 22.6 Å². The van der Waals surface area contributed by atoms with Crippen LogP contribution in [0.3, 0.4) is 0 Å². The van der Waals surface area contributed by atoms with Crippen LogP contribution in [0.15, 0.2) is 36.4 Å². The minimum Gasteiger partial charge on any atom is -0.377 e. The average Bonchev–Trinajstić information content (AvgIpc) is 3.67. The van der Waals surface area contributed by atoms with Crippen LogP contribution in [0.4, 0.5) is 0 Å². The number of piperidine rings is 1. The third kappa shape index (κ3) is 7.98. The van der Waals surface area contributed by atoms with Crippen molar-refractivity contribution >= 4 is 23.2 Å². The van der Waals surface area contributed by atoms with E-state index < -0.39 is 6.04 Å². The van der Waals surface area contributed by atoms with Crippen LogP contribution < -0.4 is 11.1 Å². The van der Waals surface area contributed by atoms with Crippen molar-refractivity contribution in [2.45, 2.75) is 89.9 Å². The number of benzene rings is 1. The van der Waals surface area contributed by atoms with Crippen LogP contribution in [0.2, 0.25) is 0 Å². The summed E-state index contributed by atoms with van der Waals surface area (Å²) in [5.41, 5.74) is 7.73. The summed E-state index contributed by atoms with van der Waals surface area (Å²) in [6, 6.07) is 11.8. The quantitative estimate of drug-likeness (QED) is 0.418. The largest absolute Gasteiger partial charge is 0.377 e. The van der Waals surface area contributed by atoms with Crippen molar-refractivity contribution in [3.05, 3.63) is 57.3 Å². The normalized spacial score (nSPS) is 26.8. The van der Waals surface area contributed by atoms with Crippen molar-refractivity contribution in [3.8, 4) is 0 Å². The van der Waals surface area contributed by atoms with Crippen LogP contribution in [-0.2, 0) is 16.1 Å². The van der Waals surface area contributed by atoms with Crippen LogP contribution in [0.5, 0.6) is 0 Å². The number of carbonyl (C=O) groups excluding carboxylic acids is 2. The van der Waals surface area contributed by atoms with Gasteiger partial charge in [-0.15, -0.1) is 11.3 Å². The third-order valence-electron chi connectivity index (χ3n) is 9.36.